The second-order valence-corrected chi connectivity index (χ2v) is 6.96. The van der Waals surface area contributed by atoms with Gasteiger partial charge in [0.15, 0.2) is 11.6 Å². The highest BCUT2D eigenvalue weighted by Crippen LogP contribution is 2.36. The second-order valence-electron chi connectivity index (χ2n) is 6.96. The molecular formula is C24H18F2N2O3. The summed E-state index contributed by atoms with van der Waals surface area (Å²) in [6.45, 7) is 1.91. The van der Waals surface area contributed by atoms with Crippen LogP contribution in [0.4, 0.5) is 14.6 Å². The first-order valence-corrected chi connectivity index (χ1v) is 9.53. The Kier molecular flexibility index (Phi) is 5.49. The number of ether oxygens (including phenoxy) is 1. The molecule has 1 aromatic heterocycles. The molecule has 0 aliphatic carbocycles. The van der Waals surface area contributed by atoms with E-state index in [1.54, 1.807) is 36.5 Å². The van der Waals surface area contributed by atoms with Crippen LogP contribution in [0, 0.1) is 11.6 Å². The molecule has 0 bridgehead atoms. The van der Waals surface area contributed by atoms with Gasteiger partial charge >= 0.3 is 5.97 Å². The number of pyridine rings is 1. The van der Waals surface area contributed by atoms with E-state index in [2.05, 4.69) is 10.3 Å². The molecule has 31 heavy (non-hydrogen) atoms. The van der Waals surface area contributed by atoms with E-state index >= 15 is 0 Å². The van der Waals surface area contributed by atoms with E-state index in [-0.39, 0.29) is 17.4 Å². The van der Waals surface area contributed by atoms with Gasteiger partial charge < -0.3 is 15.2 Å². The van der Waals surface area contributed by atoms with Crippen molar-refractivity contribution in [2.24, 2.45) is 0 Å². The van der Waals surface area contributed by atoms with E-state index in [0.29, 0.717) is 17.0 Å². The second kappa shape index (κ2) is 8.39. The molecule has 0 aliphatic heterocycles. The smallest absolute Gasteiger partial charge is 0.335 e. The molecule has 0 spiro atoms. The highest BCUT2D eigenvalue weighted by atomic mass is 19.2. The topological polar surface area (TPSA) is 71.5 Å². The summed E-state index contributed by atoms with van der Waals surface area (Å²) >= 11 is 0. The molecule has 1 heterocycles. The van der Waals surface area contributed by atoms with Crippen molar-refractivity contribution in [1.82, 2.24) is 4.98 Å². The molecule has 7 heteroatoms. The average molecular weight is 420 g/mol. The van der Waals surface area contributed by atoms with Gasteiger partial charge in [-0.15, -0.1) is 0 Å². The number of aromatic nitrogens is 1. The molecule has 3 aromatic carbocycles. The Bertz CT molecular complexity index is 1250. The molecule has 0 saturated carbocycles. The van der Waals surface area contributed by atoms with Crippen LogP contribution in [-0.4, -0.2) is 16.1 Å². The van der Waals surface area contributed by atoms with Gasteiger partial charge in [0.2, 0.25) is 5.82 Å². The number of carboxylic acid groups (broad SMARTS) is 1. The van der Waals surface area contributed by atoms with Crippen molar-refractivity contribution in [2.45, 2.75) is 13.0 Å². The van der Waals surface area contributed by atoms with Crippen LogP contribution in [0.1, 0.15) is 28.9 Å². The van der Waals surface area contributed by atoms with Crippen molar-refractivity contribution in [3.05, 3.63) is 95.7 Å². The van der Waals surface area contributed by atoms with Crippen molar-refractivity contribution in [3.63, 3.8) is 0 Å². The summed E-state index contributed by atoms with van der Waals surface area (Å²) in [6, 6.07) is 17.1. The third kappa shape index (κ3) is 4.16. The molecule has 0 radical (unpaired) electrons. The Labute approximate surface area is 176 Å². The van der Waals surface area contributed by atoms with Crippen LogP contribution in [0.2, 0.25) is 0 Å². The highest BCUT2D eigenvalue weighted by molar-refractivity contribution is 5.97. The maximum absolute atomic E-state index is 14.1. The fourth-order valence-electron chi connectivity index (χ4n) is 3.28. The number of halogens is 2. The third-order valence-corrected chi connectivity index (χ3v) is 4.90. The van der Waals surface area contributed by atoms with E-state index in [1.165, 1.54) is 24.3 Å². The lowest BCUT2D eigenvalue weighted by Crippen LogP contribution is -2.09. The molecule has 0 fully saturated rings. The third-order valence-electron chi connectivity index (χ3n) is 4.90. The molecule has 4 aromatic rings. The van der Waals surface area contributed by atoms with Gasteiger partial charge in [0.25, 0.3) is 0 Å². The van der Waals surface area contributed by atoms with Crippen molar-refractivity contribution < 1.29 is 23.4 Å². The number of benzene rings is 3. The lowest BCUT2D eigenvalue weighted by atomic mass is 10.1. The lowest BCUT2D eigenvalue weighted by molar-refractivity contribution is 0.0697. The summed E-state index contributed by atoms with van der Waals surface area (Å²) in [5.74, 6) is -2.45. The summed E-state index contributed by atoms with van der Waals surface area (Å²) in [6.07, 6.45) is 1.64. The number of nitrogens with one attached hydrogen (secondary N) is 1. The zero-order valence-electron chi connectivity index (χ0n) is 16.5. The zero-order chi connectivity index (χ0) is 22.0. The van der Waals surface area contributed by atoms with Crippen LogP contribution in [0.15, 0.2) is 72.9 Å². The molecule has 1 atom stereocenters. The molecule has 0 amide bonds. The fourth-order valence-corrected chi connectivity index (χ4v) is 3.28. The average Bonchev–Trinajstić information content (AvgIpc) is 2.77. The van der Waals surface area contributed by atoms with Crippen molar-refractivity contribution in [2.75, 3.05) is 5.32 Å². The van der Waals surface area contributed by atoms with Gasteiger partial charge in [-0.1, -0.05) is 30.3 Å². The molecule has 2 N–H and O–H groups in total. The number of fused-ring (bicyclic) bond motifs is 1. The van der Waals surface area contributed by atoms with Gasteiger partial charge in [0.05, 0.1) is 10.9 Å². The van der Waals surface area contributed by atoms with Crippen LogP contribution in [-0.2, 0) is 0 Å². The van der Waals surface area contributed by atoms with Crippen molar-refractivity contribution in [1.29, 1.82) is 0 Å². The minimum atomic E-state index is -1.07. The Morgan fingerprint density at radius 1 is 1.00 bits per heavy atom. The number of hydrogen-bond acceptors (Lipinski definition) is 4. The van der Waals surface area contributed by atoms with Crippen molar-refractivity contribution in [3.8, 4) is 11.5 Å². The number of nitrogens with zero attached hydrogens (tertiary/aromatic N) is 1. The highest BCUT2D eigenvalue weighted by Gasteiger charge is 2.16. The van der Waals surface area contributed by atoms with Crippen LogP contribution < -0.4 is 10.1 Å². The van der Waals surface area contributed by atoms with E-state index in [4.69, 9.17) is 9.84 Å². The molecule has 156 valence electrons. The van der Waals surface area contributed by atoms with Gasteiger partial charge in [-0.25, -0.2) is 14.2 Å². The number of rotatable bonds is 6. The van der Waals surface area contributed by atoms with E-state index in [1.807, 2.05) is 13.0 Å². The fraction of sp³-hybridized carbons (Fsp3) is 0.0833. The summed E-state index contributed by atoms with van der Waals surface area (Å²) in [5.41, 5.74) is 1.06. The SMILES string of the molecule is C[C@H](Nc1nccc2cccc(Oc3cccc(F)c3F)c12)c1ccc(C(=O)O)cc1. The number of aromatic carboxylic acids is 1. The van der Waals surface area contributed by atoms with Gasteiger partial charge in [-0.05, 0) is 54.3 Å². The summed E-state index contributed by atoms with van der Waals surface area (Å²) < 4.78 is 33.4. The Morgan fingerprint density at radius 2 is 1.71 bits per heavy atom. The normalized spacial score (nSPS) is 11.8. The largest absolute Gasteiger partial charge is 0.478 e. The minimum Gasteiger partial charge on any atom is -0.478 e. The molecule has 0 unspecified atom stereocenters. The molecule has 0 aliphatic rings. The summed E-state index contributed by atoms with van der Waals surface area (Å²) in [5, 5.41) is 13.8. The zero-order valence-corrected chi connectivity index (χ0v) is 16.5. The molecule has 4 rings (SSSR count). The first-order valence-electron chi connectivity index (χ1n) is 9.53. The first kappa shape index (κ1) is 20.3. The predicted octanol–water partition coefficient (Wildman–Crippen LogP) is 6.18. The molecule has 5 nitrogen and oxygen atoms in total. The van der Waals surface area contributed by atoms with Gasteiger partial charge in [0.1, 0.15) is 11.6 Å². The van der Waals surface area contributed by atoms with Gasteiger partial charge in [-0.3, -0.25) is 0 Å². The predicted molar refractivity (Wildman–Crippen MR) is 114 cm³/mol. The van der Waals surface area contributed by atoms with E-state index < -0.39 is 17.6 Å². The van der Waals surface area contributed by atoms with E-state index in [9.17, 15) is 13.6 Å². The lowest BCUT2D eigenvalue weighted by Gasteiger charge is -2.18. The Balaban J connectivity index is 1.69. The van der Waals surface area contributed by atoms with Crippen LogP contribution >= 0.6 is 0 Å². The maximum Gasteiger partial charge on any atom is 0.335 e. The number of carbonyl (C=O) groups is 1. The quantitative estimate of drug-likeness (QED) is 0.390. The number of anilines is 1. The van der Waals surface area contributed by atoms with Crippen LogP contribution in [0.25, 0.3) is 10.8 Å². The van der Waals surface area contributed by atoms with E-state index in [0.717, 1.165) is 17.0 Å². The van der Waals surface area contributed by atoms with Crippen LogP contribution in [0.5, 0.6) is 11.5 Å². The molecular weight excluding hydrogens is 402 g/mol. The molecule has 0 saturated heterocycles. The first-order chi connectivity index (χ1) is 14.9. The Morgan fingerprint density at radius 3 is 2.45 bits per heavy atom. The standard InChI is InChI=1S/C24H18F2N2O3/c1-14(15-8-10-17(11-9-15)24(29)30)28-23-21-16(12-13-27-23)4-2-6-19(21)31-20-7-3-5-18(25)22(20)26/h2-14H,1H3,(H,27,28)(H,29,30)/t14-/m0/s1. The summed E-state index contributed by atoms with van der Waals surface area (Å²) in [7, 11) is 0. The van der Waals surface area contributed by atoms with Gasteiger partial charge in [0, 0.05) is 12.2 Å². The van der Waals surface area contributed by atoms with Gasteiger partial charge in [-0.2, -0.15) is 4.39 Å². The number of carboxylic acids is 1. The minimum absolute atomic E-state index is 0.201. The van der Waals surface area contributed by atoms with Crippen molar-refractivity contribution >= 4 is 22.6 Å². The van der Waals surface area contributed by atoms with Crippen LogP contribution in [0.3, 0.4) is 0 Å². The summed E-state index contributed by atoms with van der Waals surface area (Å²) in [4.78, 5) is 15.5. The Hall–Kier alpha value is -4.00. The number of hydrogen-bond donors (Lipinski definition) is 2. The maximum atomic E-state index is 14.1. The monoisotopic (exact) mass is 420 g/mol.